The van der Waals surface area contributed by atoms with E-state index in [-0.39, 0.29) is 11.4 Å². The fraction of sp³-hybridized carbons (Fsp3) is 0.300. The van der Waals surface area contributed by atoms with Gasteiger partial charge in [-0.2, -0.15) is 13.2 Å². The average Bonchev–Trinajstić information content (AvgIpc) is 2.20. The van der Waals surface area contributed by atoms with E-state index in [2.05, 4.69) is 10.6 Å². The van der Waals surface area contributed by atoms with Crippen molar-refractivity contribution in [2.45, 2.75) is 13.1 Å². The lowest BCUT2D eigenvalue weighted by Crippen LogP contribution is -2.28. The zero-order valence-electron chi connectivity index (χ0n) is 9.06. The average molecular weight is 247 g/mol. The summed E-state index contributed by atoms with van der Waals surface area (Å²) in [5.74, 6) is 0. The third-order valence-electron chi connectivity index (χ3n) is 1.96. The second kappa shape index (κ2) is 4.94. The van der Waals surface area contributed by atoms with Crippen LogP contribution in [-0.2, 0) is 6.18 Å². The lowest BCUT2D eigenvalue weighted by atomic mass is 10.1. The normalized spacial score (nSPS) is 11.1. The fourth-order valence-electron chi connectivity index (χ4n) is 1.18. The Labute approximate surface area is 96.0 Å². The maximum absolute atomic E-state index is 12.3. The Hall–Kier alpha value is -1.92. The molecule has 0 atom stereocenters. The Bertz CT molecular complexity index is 418. The summed E-state index contributed by atoms with van der Waals surface area (Å²) in [7, 11) is 0. The molecular formula is C10H12F3N3O. The van der Waals surface area contributed by atoms with Crippen molar-refractivity contribution < 1.29 is 18.0 Å². The second-order valence-electron chi connectivity index (χ2n) is 3.28. The summed E-state index contributed by atoms with van der Waals surface area (Å²) < 4.78 is 37.0. The Morgan fingerprint density at radius 2 is 2.06 bits per heavy atom. The molecule has 2 amide bonds. The zero-order chi connectivity index (χ0) is 13.1. The largest absolute Gasteiger partial charge is 0.416 e. The molecule has 0 unspecified atom stereocenters. The minimum absolute atomic E-state index is 0.133. The van der Waals surface area contributed by atoms with Gasteiger partial charge in [-0.05, 0) is 25.1 Å². The molecule has 0 aromatic heterocycles. The van der Waals surface area contributed by atoms with Crippen LogP contribution in [0.25, 0.3) is 0 Å². The van der Waals surface area contributed by atoms with Crippen LogP contribution in [0.4, 0.5) is 29.3 Å². The first-order valence-electron chi connectivity index (χ1n) is 4.86. The van der Waals surface area contributed by atoms with Gasteiger partial charge in [0, 0.05) is 6.54 Å². The van der Waals surface area contributed by atoms with Crippen LogP contribution in [0.3, 0.4) is 0 Å². The van der Waals surface area contributed by atoms with Gasteiger partial charge in [0.05, 0.1) is 16.9 Å². The maximum atomic E-state index is 12.3. The van der Waals surface area contributed by atoms with E-state index >= 15 is 0 Å². The SMILES string of the molecule is CCNC(=O)Nc1ccc(C(F)(F)F)cc1N. The van der Waals surface area contributed by atoms with Gasteiger partial charge in [0.2, 0.25) is 0 Å². The molecule has 0 heterocycles. The van der Waals surface area contributed by atoms with Gasteiger partial charge >= 0.3 is 12.2 Å². The van der Waals surface area contributed by atoms with Crippen molar-refractivity contribution in [3.63, 3.8) is 0 Å². The number of anilines is 2. The van der Waals surface area contributed by atoms with Gasteiger partial charge < -0.3 is 16.4 Å². The molecule has 4 nitrogen and oxygen atoms in total. The minimum atomic E-state index is -4.45. The van der Waals surface area contributed by atoms with Crippen molar-refractivity contribution in [2.24, 2.45) is 0 Å². The van der Waals surface area contributed by atoms with Gasteiger partial charge in [-0.3, -0.25) is 0 Å². The highest BCUT2D eigenvalue weighted by Crippen LogP contribution is 2.32. The minimum Gasteiger partial charge on any atom is -0.397 e. The van der Waals surface area contributed by atoms with Crippen LogP contribution in [0, 0.1) is 0 Å². The molecule has 0 bridgehead atoms. The molecule has 0 aliphatic carbocycles. The Kier molecular flexibility index (Phi) is 3.82. The van der Waals surface area contributed by atoms with Crippen molar-refractivity contribution in [3.05, 3.63) is 23.8 Å². The number of nitrogens with two attached hydrogens (primary N) is 1. The number of nitrogens with one attached hydrogen (secondary N) is 2. The zero-order valence-corrected chi connectivity index (χ0v) is 9.06. The van der Waals surface area contributed by atoms with Crippen LogP contribution in [0.1, 0.15) is 12.5 Å². The summed E-state index contributed by atoms with van der Waals surface area (Å²) in [6.07, 6.45) is -4.45. The van der Waals surface area contributed by atoms with Gasteiger partial charge in [-0.1, -0.05) is 0 Å². The van der Waals surface area contributed by atoms with E-state index in [1.807, 2.05) is 0 Å². The van der Waals surface area contributed by atoms with Gasteiger partial charge in [0.15, 0.2) is 0 Å². The topological polar surface area (TPSA) is 67.2 Å². The molecule has 1 aromatic rings. The van der Waals surface area contributed by atoms with E-state index in [9.17, 15) is 18.0 Å². The van der Waals surface area contributed by atoms with Crippen LogP contribution < -0.4 is 16.4 Å². The van der Waals surface area contributed by atoms with Crippen LogP contribution in [-0.4, -0.2) is 12.6 Å². The summed E-state index contributed by atoms with van der Waals surface area (Å²) in [5, 5.41) is 4.79. The van der Waals surface area contributed by atoms with Crippen LogP contribution >= 0.6 is 0 Å². The molecule has 1 rings (SSSR count). The van der Waals surface area contributed by atoms with Gasteiger partial charge in [0.1, 0.15) is 0 Å². The molecule has 0 aliphatic heterocycles. The standard InChI is InChI=1S/C10H12F3N3O/c1-2-15-9(17)16-8-4-3-6(5-7(8)14)10(11,12)13/h3-5H,2,14H2,1H3,(H2,15,16,17). The van der Waals surface area contributed by atoms with Crippen molar-refractivity contribution >= 4 is 17.4 Å². The first-order valence-corrected chi connectivity index (χ1v) is 4.86. The van der Waals surface area contributed by atoms with E-state index in [1.165, 1.54) is 0 Å². The number of halogens is 3. The van der Waals surface area contributed by atoms with E-state index in [0.29, 0.717) is 6.54 Å². The molecule has 7 heteroatoms. The fourth-order valence-corrected chi connectivity index (χ4v) is 1.18. The molecule has 0 fully saturated rings. The number of rotatable bonds is 2. The number of hydrogen-bond acceptors (Lipinski definition) is 2. The van der Waals surface area contributed by atoms with Crippen molar-refractivity contribution in [3.8, 4) is 0 Å². The molecule has 0 saturated carbocycles. The van der Waals surface area contributed by atoms with Gasteiger partial charge in [-0.25, -0.2) is 4.79 Å². The highest BCUT2D eigenvalue weighted by molar-refractivity contribution is 5.92. The molecule has 0 aliphatic rings. The number of urea groups is 1. The van der Waals surface area contributed by atoms with Crippen molar-refractivity contribution in [1.82, 2.24) is 5.32 Å². The quantitative estimate of drug-likeness (QED) is 0.702. The summed E-state index contributed by atoms with van der Waals surface area (Å²) in [4.78, 5) is 11.1. The van der Waals surface area contributed by atoms with Crippen molar-refractivity contribution in [1.29, 1.82) is 0 Å². The Morgan fingerprint density at radius 3 is 2.53 bits per heavy atom. The monoisotopic (exact) mass is 247 g/mol. The van der Waals surface area contributed by atoms with Crippen LogP contribution in [0.5, 0.6) is 0 Å². The summed E-state index contributed by atoms with van der Waals surface area (Å²) in [6.45, 7) is 2.13. The third-order valence-corrected chi connectivity index (χ3v) is 1.96. The highest BCUT2D eigenvalue weighted by Gasteiger charge is 2.30. The number of carbonyl (C=O) groups is 1. The number of alkyl halides is 3. The molecule has 94 valence electrons. The molecule has 1 aromatic carbocycles. The Morgan fingerprint density at radius 1 is 1.41 bits per heavy atom. The number of carbonyl (C=O) groups excluding carboxylic acids is 1. The van der Waals surface area contributed by atoms with Crippen LogP contribution in [0.15, 0.2) is 18.2 Å². The Balaban J connectivity index is 2.87. The summed E-state index contributed by atoms with van der Waals surface area (Å²) in [5.41, 5.74) is 4.58. The van der Waals surface area contributed by atoms with Crippen molar-refractivity contribution in [2.75, 3.05) is 17.6 Å². The highest BCUT2D eigenvalue weighted by atomic mass is 19.4. The summed E-state index contributed by atoms with van der Waals surface area (Å²) >= 11 is 0. The number of nitrogen functional groups attached to an aromatic ring is 1. The van der Waals surface area contributed by atoms with E-state index in [1.54, 1.807) is 6.92 Å². The number of hydrogen-bond donors (Lipinski definition) is 3. The molecular weight excluding hydrogens is 235 g/mol. The van der Waals surface area contributed by atoms with Gasteiger partial charge in [0.25, 0.3) is 0 Å². The van der Waals surface area contributed by atoms with E-state index in [4.69, 9.17) is 5.73 Å². The van der Waals surface area contributed by atoms with E-state index < -0.39 is 17.8 Å². The first kappa shape index (κ1) is 13.1. The first-order chi connectivity index (χ1) is 7.84. The lowest BCUT2D eigenvalue weighted by molar-refractivity contribution is -0.137. The predicted octanol–water partition coefficient (Wildman–Crippen LogP) is 2.43. The lowest BCUT2D eigenvalue weighted by Gasteiger charge is -2.11. The van der Waals surface area contributed by atoms with E-state index in [0.717, 1.165) is 18.2 Å². The molecule has 0 spiro atoms. The third kappa shape index (κ3) is 3.54. The number of benzene rings is 1. The predicted molar refractivity (Wildman–Crippen MR) is 58.6 cm³/mol. The molecule has 0 saturated heterocycles. The number of amides is 2. The smallest absolute Gasteiger partial charge is 0.397 e. The second-order valence-corrected chi connectivity index (χ2v) is 3.28. The molecule has 0 radical (unpaired) electrons. The molecule has 4 N–H and O–H groups in total. The summed E-state index contributed by atoms with van der Waals surface area (Å²) in [6, 6.07) is 2.24. The van der Waals surface area contributed by atoms with Gasteiger partial charge in [-0.15, -0.1) is 0 Å². The molecule has 17 heavy (non-hydrogen) atoms. The maximum Gasteiger partial charge on any atom is 0.416 e. The van der Waals surface area contributed by atoms with Crippen LogP contribution in [0.2, 0.25) is 0 Å².